The first kappa shape index (κ1) is 21.9. The molecule has 2 rings (SSSR count). The molecule has 0 amide bonds. The first-order valence-electron chi connectivity index (χ1n) is 8.37. The van der Waals surface area contributed by atoms with Gasteiger partial charge in [-0.2, -0.15) is 13.2 Å². The summed E-state index contributed by atoms with van der Waals surface area (Å²) in [6, 6.07) is 7.96. The molecule has 1 aromatic heterocycles. The van der Waals surface area contributed by atoms with E-state index in [-0.39, 0.29) is 31.1 Å². The summed E-state index contributed by atoms with van der Waals surface area (Å²) in [5.41, 5.74) is -0.154. The Kier molecular flexibility index (Phi) is 7.70. The van der Waals surface area contributed by atoms with Crippen LogP contribution in [0.1, 0.15) is 11.3 Å². The van der Waals surface area contributed by atoms with Crippen LogP contribution in [0.15, 0.2) is 59.6 Å². The van der Waals surface area contributed by atoms with E-state index in [9.17, 15) is 18.0 Å². The van der Waals surface area contributed by atoms with Gasteiger partial charge in [0.25, 0.3) is 0 Å². The number of methoxy groups -OCH3 is 1. The fourth-order valence-corrected chi connectivity index (χ4v) is 2.27. The molecule has 0 radical (unpaired) electrons. The number of halogens is 3. The van der Waals surface area contributed by atoms with Crippen LogP contribution in [0.2, 0.25) is 0 Å². The first-order valence-corrected chi connectivity index (χ1v) is 8.37. The standard InChI is InChI=1S/C19H19F3N2O5/c1-27-13-14(18(25)26)12-24-7-3-5-16(24)11-23-29-9-8-28-17-6-2-4-15(10-17)19(20,21)22/h2-7,10-11,13H,8-9,12H2,1H3,(H,25,26). The molecule has 0 aliphatic heterocycles. The predicted molar refractivity (Wildman–Crippen MR) is 97.6 cm³/mol. The first-order chi connectivity index (χ1) is 13.8. The fourth-order valence-electron chi connectivity index (χ4n) is 2.27. The van der Waals surface area contributed by atoms with Crippen molar-refractivity contribution in [2.45, 2.75) is 12.7 Å². The van der Waals surface area contributed by atoms with Gasteiger partial charge >= 0.3 is 12.1 Å². The van der Waals surface area contributed by atoms with Gasteiger partial charge in [-0.25, -0.2) is 4.79 Å². The van der Waals surface area contributed by atoms with Crippen molar-refractivity contribution in [2.24, 2.45) is 5.16 Å². The van der Waals surface area contributed by atoms with Crippen molar-refractivity contribution in [1.82, 2.24) is 4.57 Å². The average Bonchev–Trinajstić information content (AvgIpc) is 3.10. The summed E-state index contributed by atoms with van der Waals surface area (Å²) in [5.74, 6) is -1.03. The van der Waals surface area contributed by atoms with Crippen molar-refractivity contribution in [3.63, 3.8) is 0 Å². The smallest absolute Gasteiger partial charge is 0.416 e. The SMILES string of the molecule is COC=C(Cn1cccc1C=NOCCOc1cccc(C(F)(F)F)c1)C(=O)O. The number of carboxylic acids is 1. The number of ether oxygens (including phenoxy) is 2. The maximum absolute atomic E-state index is 12.6. The minimum Gasteiger partial charge on any atom is -0.504 e. The largest absolute Gasteiger partial charge is 0.504 e. The summed E-state index contributed by atoms with van der Waals surface area (Å²) < 4.78 is 49.5. The number of carboxylic acid groups (broad SMARTS) is 1. The van der Waals surface area contributed by atoms with E-state index in [4.69, 9.17) is 19.4 Å². The lowest BCUT2D eigenvalue weighted by atomic mass is 10.2. The van der Waals surface area contributed by atoms with Crippen LogP contribution in [-0.2, 0) is 27.1 Å². The van der Waals surface area contributed by atoms with Crippen LogP contribution in [0.3, 0.4) is 0 Å². The molecule has 0 fully saturated rings. The van der Waals surface area contributed by atoms with Gasteiger partial charge in [-0.05, 0) is 30.3 Å². The minimum atomic E-state index is -4.44. The lowest BCUT2D eigenvalue weighted by Crippen LogP contribution is -2.11. The average molecular weight is 412 g/mol. The second kappa shape index (κ2) is 10.2. The summed E-state index contributed by atoms with van der Waals surface area (Å²) in [4.78, 5) is 16.2. The number of rotatable bonds is 10. The summed E-state index contributed by atoms with van der Waals surface area (Å²) >= 11 is 0. The molecular weight excluding hydrogens is 393 g/mol. The molecule has 2 aromatic rings. The fraction of sp³-hybridized carbons (Fsp3) is 0.263. The summed E-state index contributed by atoms with van der Waals surface area (Å²) in [7, 11) is 1.36. The number of aliphatic carboxylic acids is 1. The highest BCUT2D eigenvalue weighted by Crippen LogP contribution is 2.31. The van der Waals surface area contributed by atoms with Crippen LogP contribution in [0.5, 0.6) is 5.75 Å². The Bertz CT molecular complexity index is 875. The topological polar surface area (TPSA) is 82.3 Å². The second-order valence-corrected chi connectivity index (χ2v) is 5.69. The van der Waals surface area contributed by atoms with E-state index in [1.807, 2.05) is 0 Å². The van der Waals surface area contributed by atoms with Crippen LogP contribution in [-0.4, -0.2) is 42.2 Å². The molecule has 0 aliphatic carbocycles. The summed E-state index contributed by atoms with van der Waals surface area (Å²) in [5, 5.41) is 12.9. The lowest BCUT2D eigenvalue weighted by Gasteiger charge is -2.09. The van der Waals surface area contributed by atoms with E-state index < -0.39 is 17.7 Å². The molecule has 1 aromatic carbocycles. The molecule has 156 valence electrons. The third kappa shape index (κ3) is 6.91. The van der Waals surface area contributed by atoms with Gasteiger partial charge in [0.05, 0.1) is 43.0 Å². The molecule has 29 heavy (non-hydrogen) atoms. The number of hydrogen-bond acceptors (Lipinski definition) is 5. The Morgan fingerprint density at radius 2 is 2.03 bits per heavy atom. The molecule has 1 heterocycles. The number of nitrogens with zero attached hydrogens (tertiary/aromatic N) is 2. The van der Waals surface area contributed by atoms with Gasteiger partial charge in [0.1, 0.15) is 12.4 Å². The number of aromatic nitrogens is 1. The van der Waals surface area contributed by atoms with Crippen molar-refractivity contribution in [3.8, 4) is 5.75 Å². The van der Waals surface area contributed by atoms with E-state index in [1.54, 1.807) is 22.9 Å². The van der Waals surface area contributed by atoms with Crippen LogP contribution >= 0.6 is 0 Å². The molecule has 0 bridgehead atoms. The number of benzene rings is 1. The van der Waals surface area contributed by atoms with Crippen LogP contribution in [0.4, 0.5) is 13.2 Å². The second-order valence-electron chi connectivity index (χ2n) is 5.69. The van der Waals surface area contributed by atoms with Gasteiger partial charge in [-0.15, -0.1) is 0 Å². The Morgan fingerprint density at radius 1 is 1.24 bits per heavy atom. The van der Waals surface area contributed by atoms with E-state index in [1.165, 1.54) is 25.5 Å². The third-order valence-corrected chi connectivity index (χ3v) is 3.60. The van der Waals surface area contributed by atoms with E-state index in [0.717, 1.165) is 18.4 Å². The molecule has 0 spiro atoms. The number of hydrogen-bond donors (Lipinski definition) is 1. The highest BCUT2D eigenvalue weighted by atomic mass is 19.4. The molecule has 0 unspecified atom stereocenters. The zero-order chi connectivity index (χ0) is 21.3. The summed E-state index contributed by atoms with van der Waals surface area (Å²) in [6.45, 7) is 0.0764. The maximum Gasteiger partial charge on any atom is 0.416 e. The molecule has 7 nitrogen and oxygen atoms in total. The third-order valence-electron chi connectivity index (χ3n) is 3.60. The predicted octanol–water partition coefficient (Wildman–Crippen LogP) is 3.55. The minimum absolute atomic E-state index is 0.000594. The van der Waals surface area contributed by atoms with Gasteiger partial charge < -0.3 is 24.0 Å². The zero-order valence-corrected chi connectivity index (χ0v) is 15.4. The monoisotopic (exact) mass is 412 g/mol. The highest BCUT2D eigenvalue weighted by molar-refractivity contribution is 5.86. The normalized spacial score (nSPS) is 12.2. The lowest BCUT2D eigenvalue weighted by molar-refractivity contribution is -0.137. The van der Waals surface area contributed by atoms with Crippen LogP contribution < -0.4 is 4.74 Å². The van der Waals surface area contributed by atoms with Crippen LogP contribution in [0, 0.1) is 0 Å². The molecular formula is C19H19F3N2O5. The number of alkyl halides is 3. The van der Waals surface area contributed by atoms with Crippen molar-refractivity contribution in [2.75, 3.05) is 20.3 Å². The van der Waals surface area contributed by atoms with Crippen molar-refractivity contribution >= 4 is 12.2 Å². The quantitative estimate of drug-likeness (QED) is 0.212. The summed E-state index contributed by atoms with van der Waals surface area (Å²) in [6.07, 6.45) is -0.236. The van der Waals surface area contributed by atoms with Gasteiger partial charge in [-0.3, -0.25) is 0 Å². The molecule has 10 heteroatoms. The van der Waals surface area contributed by atoms with Crippen LogP contribution in [0.25, 0.3) is 0 Å². The molecule has 0 saturated carbocycles. The number of carbonyl (C=O) groups is 1. The van der Waals surface area contributed by atoms with Crippen molar-refractivity contribution in [3.05, 3.63) is 65.7 Å². The number of oxime groups is 1. The Morgan fingerprint density at radius 3 is 2.72 bits per heavy atom. The van der Waals surface area contributed by atoms with Crippen molar-refractivity contribution < 1.29 is 37.4 Å². The Balaban J connectivity index is 1.83. The van der Waals surface area contributed by atoms with Gasteiger partial charge in [0, 0.05) is 6.20 Å². The maximum atomic E-state index is 12.6. The molecule has 0 atom stereocenters. The van der Waals surface area contributed by atoms with E-state index >= 15 is 0 Å². The Hall–Kier alpha value is -3.43. The molecule has 0 saturated heterocycles. The van der Waals surface area contributed by atoms with Crippen molar-refractivity contribution in [1.29, 1.82) is 0 Å². The zero-order valence-electron chi connectivity index (χ0n) is 15.4. The molecule has 0 aliphatic rings. The Labute approximate surface area is 164 Å². The van der Waals surface area contributed by atoms with E-state index in [2.05, 4.69) is 5.16 Å². The van der Waals surface area contributed by atoms with Gasteiger partial charge in [0.2, 0.25) is 0 Å². The van der Waals surface area contributed by atoms with Gasteiger partial charge in [-0.1, -0.05) is 11.2 Å². The molecule has 1 N–H and O–H groups in total. The van der Waals surface area contributed by atoms with Gasteiger partial charge in [0.15, 0.2) is 6.61 Å². The highest BCUT2D eigenvalue weighted by Gasteiger charge is 2.30. The van der Waals surface area contributed by atoms with E-state index in [0.29, 0.717) is 5.69 Å².